The Morgan fingerprint density at radius 2 is 1.67 bits per heavy atom. The SMILES string of the molecule is C.C.C=C/C=C(\C=C/C)CC(C)C.CC. The molecule has 0 atom stereocenters. The summed E-state index contributed by atoms with van der Waals surface area (Å²) in [6.45, 7) is 14.2. The van der Waals surface area contributed by atoms with Gasteiger partial charge in [0.2, 0.25) is 0 Å². The normalized spacial score (nSPS) is 9.87. The van der Waals surface area contributed by atoms with Crippen LogP contribution < -0.4 is 0 Å². The van der Waals surface area contributed by atoms with Gasteiger partial charge in [0.1, 0.15) is 0 Å². The Labute approximate surface area is 98.8 Å². The van der Waals surface area contributed by atoms with E-state index in [0.29, 0.717) is 0 Å². The molecule has 0 bridgehead atoms. The number of hydrogen-bond acceptors (Lipinski definition) is 0. The van der Waals surface area contributed by atoms with Crippen LogP contribution in [0.1, 0.15) is 55.9 Å². The van der Waals surface area contributed by atoms with Crippen LogP contribution in [0.5, 0.6) is 0 Å². The molecule has 0 spiro atoms. The zero-order valence-corrected chi connectivity index (χ0v) is 9.80. The summed E-state index contributed by atoms with van der Waals surface area (Å²) in [5.74, 6) is 0.720. The Morgan fingerprint density at radius 3 is 1.93 bits per heavy atom. The van der Waals surface area contributed by atoms with Crippen LogP contribution in [0.15, 0.2) is 36.5 Å². The van der Waals surface area contributed by atoms with Crippen LogP contribution in [0.25, 0.3) is 0 Å². The summed E-state index contributed by atoms with van der Waals surface area (Å²) < 4.78 is 0. The molecular formula is C15H32. The monoisotopic (exact) mass is 212 g/mol. The van der Waals surface area contributed by atoms with Crippen molar-refractivity contribution in [3.63, 3.8) is 0 Å². The standard InChI is InChI=1S/C11H18.C2H6.2CH4/c1-5-7-11(8-6-2)9-10(3)4;1-2;;/h5-8,10H,1,9H2,2-4H3;1-2H3;2*1H4/b8-6-,11-7+;;;. The van der Waals surface area contributed by atoms with Crippen LogP contribution >= 0.6 is 0 Å². The van der Waals surface area contributed by atoms with Crippen LogP contribution in [0.3, 0.4) is 0 Å². The second-order valence-electron chi connectivity index (χ2n) is 3.08. The van der Waals surface area contributed by atoms with Gasteiger partial charge in [0.05, 0.1) is 0 Å². The number of rotatable bonds is 4. The molecule has 0 unspecified atom stereocenters. The van der Waals surface area contributed by atoms with Gasteiger partial charge in [-0.05, 0) is 24.8 Å². The zero-order valence-electron chi connectivity index (χ0n) is 9.80. The second-order valence-corrected chi connectivity index (χ2v) is 3.08. The van der Waals surface area contributed by atoms with Gasteiger partial charge in [-0.3, -0.25) is 0 Å². The third-order valence-corrected chi connectivity index (χ3v) is 1.36. The molecule has 15 heavy (non-hydrogen) atoms. The molecule has 0 aliphatic carbocycles. The highest BCUT2D eigenvalue weighted by Crippen LogP contribution is 2.11. The molecule has 0 N–H and O–H groups in total. The van der Waals surface area contributed by atoms with E-state index in [9.17, 15) is 0 Å². The van der Waals surface area contributed by atoms with E-state index in [-0.39, 0.29) is 14.9 Å². The van der Waals surface area contributed by atoms with Crippen LogP contribution in [-0.2, 0) is 0 Å². The third kappa shape index (κ3) is 19.6. The van der Waals surface area contributed by atoms with Crippen molar-refractivity contribution in [1.82, 2.24) is 0 Å². The van der Waals surface area contributed by atoms with Crippen molar-refractivity contribution < 1.29 is 0 Å². The van der Waals surface area contributed by atoms with E-state index in [1.165, 1.54) is 5.57 Å². The quantitative estimate of drug-likeness (QED) is 0.500. The molecule has 0 saturated carbocycles. The molecule has 0 saturated heterocycles. The van der Waals surface area contributed by atoms with Crippen molar-refractivity contribution >= 4 is 0 Å². The van der Waals surface area contributed by atoms with E-state index in [1.807, 2.05) is 26.8 Å². The van der Waals surface area contributed by atoms with Crippen molar-refractivity contribution in [1.29, 1.82) is 0 Å². The largest absolute Gasteiger partial charge is 0.0991 e. The first-order chi connectivity index (χ1) is 6.20. The fourth-order valence-corrected chi connectivity index (χ4v) is 1.03. The van der Waals surface area contributed by atoms with Gasteiger partial charge in [-0.15, -0.1) is 0 Å². The van der Waals surface area contributed by atoms with Gasteiger partial charge in [0, 0.05) is 0 Å². The van der Waals surface area contributed by atoms with E-state index in [2.05, 4.69) is 38.7 Å². The molecule has 0 aliphatic rings. The van der Waals surface area contributed by atoms with E-state index in [0.717, 1.165) is 12.3 Å². The highest BCUT2D eigenvalue weighted by Gasteiger charge is 1.95. The fraction of sp³-hybridized carbons (Fsp3) is 0.600. The van der Waals surface area contributed by atoms with Gasteiger partial charge in [-0.1, -0.05) is 73.4 Å². The Kier molecular flexibility index (Phi) is 30.0. The van der Waals surface area contributed by atoms with Gasteiger partial charge in [-0.25, -0.2) is 0 Å². The minimum atomic E-state index is 0. The molecule has 0 aromatic rings. The Bertz CT molecular complexity index is 159. The number of allylic oxidation sites excluding steroid dienone is 5. The highest BCUT2D eigenvalue weighted by atomic mass is 14.0. The second kappa shape index (κ2) is 18.9. The minimum absolute atomic E-state index is 0. The predicted molar refractivity (Wildman–Crippen MR) is 77.4 cm³/mol. The zero-order chi connectivity index (χ0) is 10.7. The lowest BCUT2D eigenvalue weighted by atomic mass is 10.0. The third-order valence-electron chi connectivity index (χ3n) is 1.36. The van der Waals surface area contributed by atoms with Gasteiger partial charge < -0.3 is 0 Å². The topological polar surface area (TPSA) is 0 Å². The average molecular weight is 212 g/mol. The molecule has 0 rings (SSSR count). The molecule has 0 amide bonds. The first-order valence-electron chi connectivity index (χ1n) is 5.15. The van der Waals surface area contributed by atoms with Crippen molar-refractivity contribution in [2.75, 3.05) is 0 Å². The summed E-state index contributed by atoms with van der Waals surface area (Å²) in [7, 11) is 0. The molecule has 92 valence electrons. The molecular weight excluding hydrogens is 180 g/mol. The molecule has 0 heterocycles. The molecule has 0 nitrogen and oxygen atoms in total. The van der Waals surface area contributed by atoms with Crippen LogP contribution in [0.2, 0.25) is 0 Å². The summed E-state index contributed by atoms with van der Waals surface area (Å²) in [6, 6.07) is 0. The van der Waals surface area contributed by atoms with Gasteiger partial charge in [0.25, 0.3) is 0 Å². The lowest BCUT2D eigenvalue weighted by molar-refractivity contribution is 0.650. The van der Waals surface area contributed by atoms with E-state index < -0.39 is 0 Å². The van der Waals surface area contributed by atoms with E-state index in [1.54, 1.807) is 0 Å². The molecule has 0 aromatic heterocycles. The average Bonchev–Trinajstić information content (AvgIpc) is 2.08. The molecule has 0 radical (unpaired) electrons. The molecule has 0 aliphatic heterocycles. The lowest BCUT2D eigenvalue weighted by Gasteiger charge is -2.03. The molecule has 0 heteroatoms. The fourth-order valence-electron chi connectivity index (χ4n) is 1.03. The smallest absolute Gasteiger partial charge is 0.0256 e. The van der Waals surface area contributed by atoms with Crippen LogP contribution in [0.4, 0.5) is 0 Å². The summed E-state index contributed by atoms with van der Waals surface area (Å²) in [5.41, 5.74) is 1.36. The molecule has 0 fully saturated rings. The van der Waals surface area contributed by atoms with Gasteiger partial charge >= 0.3 is 0 Å². The maximum atomic E-state index is 3.68. The Balaban J connectivity index is -0.000000142. The van der Waals surface area contributed by atoms with Crippen LogP contribution in [0, 0.1) is 5.92 Å². The summed E-state index contributed by atoms with van der Waals surface area (Å²) in [6.07, 6.45) is 9.26. The Morgan fingerprint density at radius 1 is 1.20 bits per heavy atom. The maximum Gasteiger partial charge on any atom is -0.0256 e. The lowest BCUT2D eigenvalue weighted by Crippen LogP contribution is -1.88. The Hall–Kier alpha value is -0.780. The van der Waals surface area contributed by atoms with Crippen molar-refractivity contribution in [2.45, 2.75) is 55.9 Å². The maximum absolute atomic E-state index is 3.68. The van der Waals surface area contributed by atoms with Gasteiger partial charge in [0.15, 0.2) is 0 Å². The number of hydrogen-bond donors (Lipinski definition) is 0. The van der Waals surface area contributed by atoms with Gasteiger partial charge in [-0.2, -0.15) is 0 Å². The van der Waals surface area contributed by atoms with Crippen LogP contribution in [-0.4, -0.2) is 0 Å². The van der Waals surface area contributed by atoms with Crippen molar-refractivity contribution in [2.24, 2.45) is 5.92 Å². The van der Waals surface area contributed by atoms with Crippen molar-refractivity contribution in [3.05, 3.63) is 36.5 Å². The first kappa shape index (κ1) is 23.8. The van der Waals surface area contributed by atoms with E-state index in [4.69, 9.17) is 0 Å². The first-order valence-corrected chi connectivity index (χ1v) is 5.15. The van der Waals surface area contributed by atoms with Crippen molar-refractivity contribution in [3.8, 4) is 0 Å². The van der Waals surface area contributed by atoms with E-state index >= 15 is 0 Å². The highest BCUT2D eigenvalue weighted by molar-refractivity contribution is 5.22. The summed E-state index contributed by atoms with van der Waals surface area (Å²) in [4.78, 5) is 0. The summed E-state index contributed by atoms with van der Waals surface area (Å²) in [5, 5.41) is 0. The predicted octanol–water partition coefficient (Wildman–Crippen LogP) is 6.02. The minimum Gasteiger partial charge on any atom is -0.0991 e. The summed E-state index contributed by atoms with van der Waals surface area (Å²) >= 11 is 0. The molecule has 0 aromatic carbocycles.